The van der Waals surface area contributed by atoms with Crippen LogP contribution in [0, 0.1) is 11.8 Å². The average molecular weight is 284 g/mol. The monoisotopic (exact) mass is 284 g/mol. The minimum atomic E-state index is -4.45. The molecule has 1 nitrogen and oxygen atoms in total. The number of hydrogen-bond donors (Lipinski definition) is 0. The third-order valence-corrected chi connectivity index (χ3v) is 2.70. The van der Waals surface area contributed by atoms with Crippen molar-refractivity contribution in [1.82, 2.24) is 0 Å². The molecule has 20 heavy (non-hydrogen) atoms. The highest BCUT2D eigenvalue weighted by atomic mass is 19.4. The molecule has 4 heteroatoms. The van der Waals surface area contributed by atoms with Gasteiger partial charge in [0.05, 0.1) is 6.61 Å². The maximum absolute atomic E-state index is 12.8. The third-order valence-electron chi connectivity index (χ3n) is 2.70. The van der Waals surface area contributed by atoms with Crippen LogP contribution in [-0.2, 0) is 11.3 Å². The van der Waals surface area contributed by atoms with Crippen LogP contribution in [0.5, 0.6) is 0 Å². The first kappa shape index (κ1) is 16.6. The molecule has 0 aliphatic rings. The zero-order valence-corrected chi connectivity index (χ0v) is 11.5. The molecule has 0 saturated carbocycles. The van der Waals surface area contributed by atoms with Gasteiger partial charge >= 0.3 is 6.18 Å². The summed E-state index contributed by atoms with van der Waals surface area (Å²) in [6.45, 7) is 1.95. The standard InChI is InChI=1S/C16H19F3O/c1-2-3-4-5-9-12-15(16(17,18)19)20-13-14-10-7-6-8-11-14/h6-8,10-11,15H,2-5,13H2,1H3. The lowest BCUT2D eigenvalue weighted by molar-refractivity contribution is -0.203. The number of halogens is 3. The average Bonchev–Trinajstić information content (AvgIpc) is 2.41. The second kappa shape index (κ2) is 8.65. The summed E-state index contributed by atoms with van der Waals surface area (Å²) in [5.41, 5.74) is 0.703. The van der Waals surface area contributed by atoms with Crippen LogP contribution in [0.1, 0.15) is 38.2 Å². The highest BCUT2D eigenvalue weighted by molar-refractivity contribution is 5.14. The number of hydrogen-bond acceptors (Lipinski definition) is 1. The predicted octanol–water partition coefficient (Wildman–Crippen LogP) is 4.72. The van der Waals surface area contributed by atoms with Gasteiger partial charge in [-0.15, -0.1) is 5.92 Å². The Kier molecular flexibility index (Phi) is 7.17. The highest BCUT2D eigenvalue weighted by Crippen LogP contribution is 2.23. The molecule has 1 aromatic rings. The van der Waals surface area contributed by atoms with Gasteiger partial charge in [-0.1, -0.05) is 56.0 Å². The zero-order chi connectivity index (χ0) is 14.8. The Morgan fingerprint density at radius 3 is 2.45 bits per heavy atom. The molecule has 1 aromatic carbocycles. The zero-order valence-electron chi connectivity index (χ0n) is 11.5. The minimum absolute atomic E-state index is 0.0886. The van der Waals surface area contributed by atoms with Crippen LogP contribution in [0.3, 0.4) is 0 Å². The Morgan fingerprint density at radius 2 is 1.85 bits per heavy atom. The molecule has 0 radical (unpaired) electrons. The Bertz CT molecular complexity index is 429. The Hall–Kier alpha value is -1.47. The van der Waals surface area contributed by atoms with Crippen LogP contribution in [-0.4, -0.2) is 12.3 Å². The normalized spacial score (nSPS) is 12.6. The van der Waals surface area contributed by atoms with E-state index in [2.05, 4.69) is 11.8 Å². The smallest absolute Gasteiger partial charge is 0.352 e. The van der Waals surface area contributed by atoms with Crippen LogP contribution in [0.2, 0.25) is 0 Å². The van der Waals surface area contributed by atoms with Gasteiger partial charge in [0.1, 0.15) is 0 Å². The van der Waals surface area contributed by atoms with Crippen molar-refractivity contribution in [2.75, 3.05) is 0 Å². The Balaban J connectivity index is 2.52. The van der Waals surface area contributed by atoms with E-state index < -0.39 is 12.3 Å². The first-order valence-corrected chi connectivity index (χ1v) is 6.74. The van der Waals surface area contributed by atoms with Crippen molar-refractivity contribution in [2.45, 2.75) is 51.5 Å². The summed E-state index contributed by atoms with van der Waals surface area (Å²) >= 11 is 0. The number of rotatable bonds is 6. The van der Waals surface area contributed by atoms with Gasteiger partial charge in [-0.3, -0.25) is 0 Å². The molecule has 110 valence electrons. The number of alkyl halides is 3. The van der Waals surface area contributed by atoms with Crippen molar-refractivity contribution in [3.05, 3.63) is 35.9 Å². The van der Waals surface area contributed by atoms with Gasteiger partial charge in [0, 0.05) is 6.42 Å². The van der Waals surface area contributed by atoms with Gasteiger partial charge < -0.3 is 4.74 Å². The summed E-state index contributed by atoms with van der Waals surface area (Å²) in [6, 6.07) is 8.78. The molecule has 0 saturated heterocycles. The van der Waals surface area contributed by atoms with Crippen LogP contribution in [0.4, 0.5) is 13.2 Å². The van der Waals surface area contributed by atoms with Crippen LogP contribution in [0.15, 0.2) is 30.3 Å². The second-order valence-corrected chi connectivity index (χ2v) is 4.50. The van der Waals surface area contributed by atoms with Gasteiger partial charge in [0.15, 0.2) is 0 Å². The van der Waals surface area contributed by atoms with E-state index in [9.17, 15) is 13.2 Å². The maximum Gasteiger partial charge on any atom is 0.426 e. The Morgan fingerprint density at radius 1 is 1.15 bits per heavy atom. The van der Waals surface area contributed by atoms with Gasteiger partial charge in [0.25, 0.3) is 0 Å². The predicted molar refractivity (Wildman–Crippen MR) is 73.0 cm³/mol. The quantitative estimate of drug-likeness (QED) is 0.542. The van der Waals surface area contributed by atoms with Crippen molar-refractivity contribution < 1.29 is 17.9 Å². The van der Waals surface area contributed by atoms with E-state index in [-0.39, 0.29) is 6.61 Å². The molecule has 0 bridgehead atoms. The lowest BCUT2D eigenvalue weighted by Crippen LogP contribution is -2.30. The molecule has 0 spiro atoms. The van der Waals surface area contributed by atoms with Crippen LogP contribution in [0.25, 0.3) is 0 Å². The largest absolute Gasteiger partial charge is 0.426 e. The number of ether oxygens (including phenoxy) is 1. The SMILES string of the molecule is CCCCCC#CC(OCc1ccccc1)C(F)(F)F. The summed E-state index contributed by atoms with van der Waals surface area (Å²) in [7, 11) is 0. The van der Waals surface area contributed by atoms with Crippen LogP contribution >= 0.6 is 0 Å². The fraction of sp³-hybridized carbons (Fsp3) is 0.500. The molecule has 0 aliphatic carbocycles. The van der Waals surface area contributed by atoms with Gasteiger partial charge in [-0.25, -0.2) is 0 Å². The van der Waals surface area contributed by atoms with Crippen molar-refractivity contribution in [1.29, 1.82) is 0 Å². The molecule has 1 atom stereocenters. The lowest BCUT2D eigenvalue weighted by Gasteiger charge is -2.15. The highest BCUT2D eigenvalue weighted by Gasteiger charge is 2.39. The minimum Gasteiger partial charge on any atom is -0.352 e. The topological polar surface area (TPSA) is 9.23 Å². The summed E-state index contributed by atoms with van der Waals surface area (Å²) in [4.78, 5) is 0. The molecule has 0 aliphatic heterocycles. The lowest BCUT2D eigenvalue weighted by atomic mass is 10.2. The van der Waals surface area contributed by atoms with Crippen molar-refractivity contribution in [2.24, 2.45) is 0 Å². The third kappa shape index (κ3) is 6.63. The number of unbranched alkanes of at least 4 members (excludes halogenated alkanes) is 3. The molecular formula is C16H19F3O. The van der Waals surface area contributed by atoms with Crippen molar-refractivity contribution >= 4 is 0 Å². The van der Waals surface area contributed by atoms with E-state index >= 15 is 0 Å². The summed E-state index contributed by atoms with van der Waals surface area (Å²) in [6.07, 6.45) is -3.15. The van der Waals surface area contributed by atoms with Gasteiger partial charge in [-0.05, 0) is 12.0 Å². The van der Waals surface area contributed by atoms with E-state index in [1.165, 1.54) is 0 Å². The first-order valence-electron chi connectivity index (χ1n) is 6.74. The van der Waals surface area contributed by atoms with E-state index in [0.29, 0.717) is 12.0 Å². The van der Waals surface area contributed by atoms with Gasteiger partial charge in [-0.2, -0.15) is 13.2 Å². The number of benzene rings is 1. The molecule has 1 unspecified atom stereocenters. The first-order chi connectivity index (χ1) is 9.54. The second-order valence-electron chi connectivity index (χ2n) is 4.50. The van der Waals surface area contributed by atoms with E-state index in [1.54, 1.807) is 30.3 Å². The fourth-order valence-corrected chi connectivity index (χ4v) is 1.60. The van der Waals surface area contributed by atoms with Crippen LogP contribution < -0.4 is 0 Å². The van der Waals surface area contributed by atoms with Gasteiger partial charge in [0.2, 0.25) is 6.10 Å². The summed E-state index contributed by atoms with van der Waals surface area (Å²) in [5, 5.41) is 0. The summed E-state index contributed by atoms with van der Waals surface area (Å²) < 4.78 is 43.2. The molecular weight excluding hydrogens is 265 g/mol. The Labute approximate surface area is 118 Å². The van der Waals surface area contributed by atoms with E-state index in [4.69, 9.17) is 4.74 Å². The molecule has 1 rings (SSSR count). The molecule has 0 N–H and O–H groups in total. The van der Waals surface area contributed by atoms with E-state index in [1.807, 2.05) is 6.92 Å². The molecule has 0 amide bonds. The van der Waals surface area contributed by atoms with Crippen molar-refractivity contribution in [3.63, 3.8) is 0 Å². The van der Waals surface area contributed by atoms with E-state index in [0.717, 1.165) is 19.3 Å². The molecule has 0 aromatic heterocycles. The summed E-state index contributed by atoms with van der Waals surface area (Å²) in [5.74, 6) is 4.76. The maximum atomic E-state index is 12.8. The fourth-order valence-electron chi connectivity index (χ4n) is 1.60. The van der Waals surface area contributed by atoms with Crippen molar-refractivity contribution in [3.8, 4) is 11.8 Å². The molecule has 0 fully saturated rings. The molecule has 0 heterocycles.